The van der Waals surface area contributed by atoms with E-state index in [-0.39, 0.29) is 16.2 Å². The first-order valence-corrected chi connectivity index (χ1v) is 33.7. The normalized spacial score (nSPS) is 12.6. The highest BCUT2D eigenvalue weighted by molar-refractivity contribution is 6.12. The minimum Gasteiger partial charge on any atom is -0.458 e. The summed E-state index contributed by atoms with van der Waals surface area (Å²) >= 11 is 0. The lowest BCUT2D eigenvalue weighted by Gasteiger charge is -2.27. The minimum atomic E-state index is -0.140. The average Bonchev–Trinajstić information content (AvgIpc) is 1.61. The Hall–Kier alpha value is -11.5. The van der Waals surface area contributed by atoms with Crippen molar-refractivity contribution >= 4 is 76.6 Å². The SMILES string of the molecule is CC(C)(C)c1cc(-c2cccc3c2-[n+]2[c-]n(-c4cccc(Oc5ccc6c7ccccc7n(-c7cc(C(C)(C)C)ccn7)c6c5)c4)c4cc(-c5ccc6oc7ccccc7c6c5)cc(c42)-c2ccccc2-c2ccc(-n4c5ccccc5c5ccccc54)cc2-3)cc(C(C)(C)C)c1. The molecule has 0 fully saturated rings. The summed E-state index contributed by atoms with van der Waals surface area (Å²) < 4.78 is 23.0. The lowest BCUT2D eigenvalue weighted by Crippen LogP contribution is -2.32. The van der Waals surface area contributed by atoms with Gasteiger partial charge in [-0.05, 0) is 186 Å². The quantitative estimate of drug-likeness (QED) is 0.118. The number of ether oxygens (including phenoxy) is 1. The van der Waals surface area contributed by atoms with Gasteiger partial charge in [-0.2, -0.15) is 0 Å². The zero-order chi connectivity index (χ0) is 65.8. The van der Waals surface area contributed by atoms with Crippen LogP contribution < -0.4 is 9.30 Å². The zero-order valence-corrected chi connectivity index (χ0v) is 56.0. The molecule has 7 heteroatoms. The molecule has 0 atom stereocenters. The number of fused-ring (bicyclic) bond motifs is 16. The number of imidazole rings is 1. The van der Waals surface area contributed by atoms with Crippen molar-refractivity contribution in [3.63, 3.8) is 0 Å². The Morgan fingerprint density at radius 2 is 0.938 bits per heavy atom. The van der Waals surface area contributed by atoms with Crippen LogP contribution in [0.5, 0.6) is 11.5 Å². The van der Waals surface area contributed by atoms with Crippen LogP contribution in [0.25, 0.3) is 155 Å². The van der Waals surface area contributed by atoms with Crippen LogP contribution in [-0.2, 0) is 16.2 Å². The van der Waals surface area contributed by atoms with Gasteiger partial charge in [0, 0.05) is 50.3 Å². The lowest BCUT2D eigenvalue weighted by molar-refractivity contribution is -0.570. The van der Waals surface area contributed by atoms with Gasteiger partial charge >= 0.3 is 0 Å². The lowest BCUT2D eigenvalue weighted by atomic mass is 9.78. The first-order valence-electron chi connectivity index (χ1n) is 33.7. The molecule has 97 heavy (non-hydrogen) atoms. The number of nitrogens with zero attached hydrogens (tertiary/aromatic N) is 5. The fourth-order valence-corrected chi connectivity index (χ4v) is 15.1. The monoisotopic (exact) mass is 1250 g/mol. The third-order valence-corrected chi connectivity index (χ3v) is 20.1. The van der Waals surface area contributed by atoms with Gasteiger partial charge in [0.2, 0.25) is 0 Å². The fourth-order valence-electron chi connectivity index (χ4n) is 15.1. The Bertz CT molecular complexity index is 6040. The summed E-state index contributed by atoms with van der Waals surface area (Å²) in [4.78, 5) is 4.99. The number of furan rings is 1. The largest absolute Gasteiger partial charge is 0.458 e. The van der Waals surface area contributed by atoms with E-state index in [9.17, 15) is 0 Å². The van der Waals surface area contributed by atoms with Gasteiger partial charge in [-0.15, -0.1) is 0 Å². The van der Waals surface area contributed by atoms with Crippen molar-refractivity contribution in [2.24, 2.45) is 0 Å². The molecule has 0 saturated carbocycles. The summed E-state index contributed by atoms with van der Waals surface area (Å²) in [6.45, 7) is 20.7. The molecule has 0 unspecified atom stereocenters. The molecule has 0 aliphatic carbocycles. The zero-order valence-electron chi connectivity index (χ0n) is 56.0. The Labute approximate surface area is 564 Å². The van der Waals surface area contributed by atoms with Gasteiger partial charge in [0.15, 0.2) is 0 Å². The number of benzene rings is 12. The van der Waals surface area contributed by atoms with E-state index in [2.05, 4.69) is 342 Å². The smallest absolute Gasteiger partial charge is 0.269 e. The van der Waals surface area contributed by atoms with Crippen LogP contribution in [0, 0.1) is 6.33 Å². The fraction of sp³-hybridized carbons (Fsp3) is 0.133. The van der Waals surface area contributed by atoms with Gasteiger partial charge in [-0.25, -0.2) is 4.98 Å². The van der Waals surface area contributed by atoms with Gasteiger partial charge in [-0.1, -0.05) is 220 Å². The van der Waals surface area contributed by atoms with Gasteiger partial charge in [0.25, 0.3) is 6.33 Å². The Balaban J connectivity index is 0.914. The number of rotatable bonds is 7. The van der Waals surface area contributed by atoms with Crippen molar-refractivity contribution in [2.45, 2.75) is 78.6 Å². The van der Waals surface area contributed by atoms with Gasteiger partial charge in [0.05, 0.1) is 44.5 Å². The molecule has 0 radical (unpaired) electrons. The second-order valence-electron chi connectivity index (χ2n) is 29.4. The highest BCUT2D eigenvalue weighted by Gasteiger charge is 2.31. The number of hydrogen-bond donors (Lipinski definition) is 0. The predicted molar refractivity (Wildman–Crippen MR) is 401 cm³/mol. The maximum absolute atomic E-state index is 7.13. The van der Waals surface area contributed by atoms with Gasteiger partial charge in [-0.3, -0.25) is 13.7 Å². The van der Waals surface area contributed by atoms with E-state index in [1.165, 1.54) is 27.5 Å². The molecule has 5 aromatic heterocycles. The summed E-state index contributed by atoms with van der Waals surface area (Å²) in [5.74, 6) is 2.27. The van der Waals surface area contributed by atoms with Crippen LogP contribution in [0.2, 0.25) is 0 Å². The van der Waals surface area contributed by atoms with Crippen molar-refractivity contribution in [3.8, 4) is 90.0 Å². The van der Waals surface area contributed by atoms with Gasteiger partial charge < -0.3 is 13.7 Å². The molecule has 0 N–H and O–H groups in total. The van der Waals surface area contributed by atoms with Crippen LogP contribution in [0.3, 0.4) is 0 Å². The summed E-state index contributed by atoms with van der Waals surface area (Å²) in [5, 5.41) is 6.88. The van der Waals surface area contributed by atoms with Crippen LogP contribution in [0.15, 0.2) is 271 Å². The summed E-state index contributed by atoms with van der Waals surface area (Å²) in [7, 11) is 0. The Morgan fingerprint density at radius 3 is 1.65 bits per heavy atom. The molecular formula is C90H71N5O2. The molecule has 0 spiro atoms. The summed E-state index contributed by atoms with van der Waals surface area (Å²) in [5.41, 5.74) is 25.6. The molecule has 1 aliphatic heterocycles. The summed E-state index contributed by atoms with van der Waals surface area (Å²) in [6, 6.07) is 95.6. The van der Waals surface area contributed by atoms with E-state index in [0.717, 1.165) is 144 Å². The molecule has 1 aliphatic rings. The predicted octanol–water partition coefficient (Wildman–Crippen LogP) is 23.5. The Kier molecular flexibility index (Phi) is 12.9. The minimum absolute atomic E-state index is 0.0604. The molecule has 17 aromatic rings. The van der Waals surface area contributed by atoms with E-state index in [0.29, 0.717) is 11.5 Å². The number of aromatic nitrogens is 5. The van der Waals surface area contributed by atoms with Crippen LogP contribution in [0.4, 0.5) is 0 Å². The molecule has 6 heterocycles. The standard InChI is InChI=1S/C90H71N5O2/c1-88(2,3)58-42-43-91-85(50-58)95-80-34-18-14-28-71(80)72-40-38-64(53-81(72)95)96-63-23-20-22-61(51-63)92-54-93-86-65(57-44-59(89(4,5)6)49-60(45-57)90(7,8)9)30-21-31-74(86)75-52-62(94-78-32-16-12-26-69(78)70-27-13-17-33-79(70)94)37-39-68(75)66-24-10-11-25-67(66)77-47-56(48-82(92)87(77)93)55-36-41-84-76(46-55)73-29-15-19-35-83(73)97-84/h10-53H,1-9H3. The van der Waals surface area contributed by atoms with E-state index in [1.54, 1.807) is 0 Å². The molecule has 7 nitrogen and oxygen atoms in total. The average molecular weight is 1250 g/mol. The van der Waals surface area contributed by atoms with Crippen molar-refractivity contribution in [1.82, 2.24) is 18.7 Å². The van der Waals surface area contributed by atoms with Crippen molar-refractivity contribution in [2.75, 3.05) is 0 Å². The number of pyridine rings is 1. The molecule has 0 bridgehead atoms. The summed E-state index contributed by atoms with van der Waals surface area (Å²) in [6.07, 6.45) is 6.13. The van der Waals surface area contributed by atoms with E-state index in [1.807, 2.05) is 12.3 Å². The highest BCUT2D eigenvalue weighted by atomic mass is 16.5. The van der Waals surface area contributed by atoms with Crippen molar-refractivity contribution in [1.29, 1.82) is 0 Å². The van der Waals surface area contributed by atoms with E-state index >= 15 is 0 Å². The van der Waals surface area contributed by atoms with Crippen molar-refractivity contribution in [3.05, 3.63) is 290 Å². The van der Waals surface area contributed by atoms with Gasteiger partial charge in [0.1, 0.15) is 28.5 Å². The van der Waals surface area contributed by atoms with E-state index < -0.39 is 0 Å². The van der Waals surface area contributed by atoms with Crippen LogP contribution in [-0.4, -0.2) is 18.7 Å². The first-order chi connectivity index (χ1) is 47.0. The third kappa shape index (κ3) is 9.45. The molecule has 0 amide bonds. The van der Waals surface area contributed by atoms with E-state index in [4.69, 9.17) is 14.1 Å². The molecule has 468 valence electrons. The second kappa shape index (κ2) is 21.5. The van der Waals surface area contributed by atoms with Crippen LogP contribution >= 0.6 is 0 Å². The number of para-hydroxylation sites is 5. The maximum Gasteiger partial charge on any atom is 0.269 e. The third-order valence-electron chi connectivity index (χ3n) is 20.1. The van der Waals surface area contributed by atoms with Crippen molar-refractivity contribution < 1.29 is 13.7 Å². The molecular weight excluding hydrogens is 1180 g/mol. The topological polar surface area (TPSA) is 53.9 Å². The second-order valence-corrected chi connectivity index (χ2v) is 29.4. The molecule has 12 aromatic carbocycles. The molecule has 18 rings (SSSR count). The maximum atomic E-state index is 7.13. The highest BCUT2D eigenvalue weighted by Crippen LogP contribution is 2.49. The molecule has 0 saturated heterocycles. The number of hydrogen-bond acceptors (Lipinski definition) is 3. The Morgan fingerprint density at radius 1 is 0.351 bits per heavy atom. The van der Waals surface area contributed by atoms with Crippen LogP contribution in [0.1, 0.15) is 79.0 Å². The first kappa shape index (κ1) is 58.1.